The van der Waals surface area contributed by atoms with Crippen LogP contribution in [0.5, 0.6) is 0 Å². The summed E-state index contributed by atoms with van der Waals surface area (Å²) >= 11 is 0. The number of aryl methyl sites for hydroxylation is 1. The quantitative estimate of drug-likeness (QED) is 0.827. The van der Waals surface area contributed by atoms with Gasteiger partial charge in [0.05, 0.1) is 11.3 Å². The number of nitrogens with two attached hydrogens (primary N) is 1. The van der Waals surface area contributed by atoms with E-state index in [1.807, 2.05) is 0 Å². The number of hydrogen-bond acceptors (Lipinski definition) is 4. The molecular weight excluding hydrogens is 260 g/mol. The molecule has 6 heteroatoms. The van der Waals surface area contributed by atoms with Crippen LogP contribution in [0, 0.1) is 0 Å². The molecule has 1 aromatic carbocycles. The van der Waals surface area contributed by atoms with E-state index in [2.05, 4.69) is 0 Å². The van der Waals surface area contributed by atoms with E-state index in [4.69, 9.17) is 15.6 Å². The average molecular weight is 274 g/mol. The Balaban J connectivity index is 2.00. The van der Waals surface area contributed by atoms with Gasteiger partial charge in [-0.1, -0.05) is 12.1 Å². The number of esters is 1. The third-order valence-electron chi connectivity index (χ3n) is 2.81. The van der Waals surface area contributed by atoms with E-state index in [1.165, 1.54) is 18.2 Å². The van der Waals surface area contributed by atoms with Gasteiger partial charge in [0.2, 0.25) is 0 Å². The minimum absolute atomic E-state index is 0.0732. The topological polar surface area (TPSA) is 94.5 Å². The zero-order valence-electron chi connectivity index (χ0n) is 10.9. The lowest BCUT2D eigenvalue weighted by molar-refractivity contribution is 0.0460. The summed E-state index contributed by atoms with van der Waals surface area (Å²) in [6.45, 7) is 0.0732. The van der Waals surface area contributed by atoms with Crippen molar-refractivity contribution in [3.8, 4) is 0 Å². The molecule has 0 radical (unpaired) electrons. The summed E-state index contributed by atoms with van der Waals surface area (Å²) in [4.78, 5) is 22.5. The Morgan fingerprint density at radius 2 is 1.95 bits per heavy atom. The van der Waals surface area contributed by atoms with Crippen molar-refractivity contribution in [2.45, 2.75) is 6.61 Å². The molecule has 20 heavy (non-hydrogen) atoms. The summed E-state index contributed by atoms with van der Waals surface area (Å²) in [7, 11) is 1.70. The van der Waals surface area contributed by atoms with Crippen molar-refractivity contribution < 1.29 is 19.4 Å². The van der Waals surface area contributed by atoms with Gasteiger partial charge < -0.3 is 20.1 Å². The Morgan fingerprint density at radius 3 is 2.45 bits per heavy atom. The maximum Gasteiger partial charge on any atom is 0.355 e. The van der Waals surface area contributed by atoms with Gasteiger partial charge in [0, 0.05) is 13.2 Å². The van der Waals surface area contributed by atoms with Crippen molar-refractivity contribution >= 4 is 17.6 Å². The van der Waals surface area contributed by atoms with Gasteiger partial charge in [-0.3, -0.25) is 0 Å². The molecule has 0 atom stereocenters. The van der Waals surface area contributed by atoms with Crippen LogP contribution in [0.3, 0.4) is 0 Å². The smallest absolute Gasteiger partial charge is 0.355 e. The summed E-state index contributed by atoms with van der Waals surface area (Å²) in [5.41, 5.74) is 7.35. The van der Waals surface area contributed by atoms with Gasteiger partial charge in [0.25, 0.3) is 0 Å². The predicted molar refractivity (Wildman–Crippen MR) is 72.3 cm³/mol. The summed E-state index contributed by atoms with van der Waals surface area (Å²) in [6.07, 6.45) is 1.62. The molecule has 0 aliphatic rings. The summed E-state index contributed by atoms with van der Waals surface area (Å²) in [6, 6.07) is 7.68. The number of nitrogens with zero attached hydrogens (tertiary/aromatic N) is 1. The fourth-order valence-corrected chi connectivity index (χ4v) is 1.76. The molecule has 0 saturated heterocycles. The van der Waals surface area contributed by atoms with Crippen molar-refractivity contribution in [2.75, 3.05) is 5.73 Å². The van der Waals surface area contributed by atoms with E-state index in [1.54, 1.807) is 29.9 Å². The van der Waals surface area contributed by atoms with Crippen LogP contribution in [0.25, 0.3) is 0 Å². The van der Waals surface area contributed by atoms with Crippen molar-refractivity contribution in [1.29, 1.82) is 0 Å². The first-order valence-corrected chi connectivity index (χ1v) is 5.88. The third kappa shape index (κ3) is 2.97. The molecule has 0 saturated carbocycles. The standard InChI is InChI=1S/C14H14N2O4/c1-16-7-11(15)6-12(16)14(19)20-8-9-2-4-10(5-3-9)13(17)18/h2-7H,8,15H2,1H3,(H,17,18). The number of ether oxygens (including phenoxy) is 1. The van der Waals surface area contributed by atoms with Crippen LogP contribution >= 0.6 is 0 Å². The van der Waals surface area contributed by atoms with Crippen LogP contribution in [-0.4, -0.2) is 21.6 Å². The summed E-state index contributed by atoms with van der Waals surface area (Å²) in [5.74, 6) is -1.47. The van der Waals surface area contributed by atoms with E-state index < -0.39 is 11.9 Å². The van der Waals surface area contributed by atoms with E-state index >= 15 is 0 Å². The van der Waals surface area contributed by atoms with E-state index in [-0.39, 0.29) is 12.2 Å². The van der Waals surface area contributed by atoms with Gasteiger partial charge in [0.15, 0.2) is 0 Å². The van der Waals surface area contributed by atoms with E-state index in [0.29, 0.717) is 16.9 Å². The van der Waals surface area contributed by atoms with E-state index in [0.717, 1.165) is 0 Å². The number of carboxylic acids is 1. The Morgan fingerprint density at radius 1 is 1.30 bits per heavy atom. The second-order valence-corrected chi connectivity index (χ2v) is 4.35. The number of benzene rings is 1. The number of nitrogen functional groups attached to an aromatic ring is 1. The van der Waals surface area contributed by atoms with Gasteiger partial charge in [-0.25, -0.2) is 9.59 Å². The second kappa shape index (κ2) is 5.48. The highest BCUT2D eigenvalue weighted by atomic mass is 16.5. The highest BCUT2D eigenvalue weighted by Crippen LogP contribution is 2.12. The molecule has 1 heterocycles. The number of carboxylic acid groups (broad SMARTS) is 1. The molecule has 0 unspecified atom stereocenters. The highest BCUT2D eigenvalue weighted by Gasteiger charge is 2.12. The van der Waals surface area contributed by atoms with Crippen molar-refractivity contribution in [3.63, 3.8) is 0 Å². The van der Waals surface area contributed by atoms with Crippen molar-refractivity contribution in [1.82, 2.24) is 4.57 Å². The first kappa shape index (κ1) is 13.7. The molecule has 0 spiro atoms. The number of carbonyl (C=O) groups is 2. The minimum atomic E-state index is -0.993. The minimum Gasteiger partial charge on any atom is -0.478 e. The zero-order valence-corrected chi connectivity index (χ0v) is 10.9. The molecule has 0 fully saturated rings. The summed E-state index contributed by atoms with van der Waals surface area (Å²) < 4.78 is 6.73. The maximum absolute atomic E-state index is 11.8. The van der Waals surface area contributed by atoms with Crippen molar-refractivity contribution in [2.24, 2.45) is 7.05 Å². The van der Waals surface area contributed by atoms with Crippen LogP contribution < -0.4 is 5.73 Å². The first-order valence-electron chi connectivity index (χ1n) is 5.88. The number of carbonyl (C=O) groups excluding carboxylic acids is 1. The molecule has 3 N–H and O–H groups in total. The maximum atomic E-state index is 11.8. The van der Waals surface area contributed by atoms with Gasteiger partial charge >= 0.3 is 11.9 Å². The zero-order chi connectivity index (χ0) is 14.7. The lowest BCUT2D eigenvalue weighted by Gasteiger charge is -2.06. The monoisotopic (exact) mass is 274 g/mol. The Hall–Kier alpha value is -2.76. The van der Waals surface area contributed by atoms with Crippen LogP contribution in [0.1, 0.15) is 26.4 Å². The molecule has 104 valence electrons. The molecule has 0 aliphatic heterocycles. The van der Waals surface area contributed by atoms with Gasteiger partial charge in [-0.15, -0.1) is 0 Å². The van der Waals surface area contributed by atoms with Gasteiger partial charge in [-0.2, -0.15) is 0 Å². The van der Waals surface area contributed by atoms with Gasteiger partial charge in [-0.05, 0) is 23.8 Å². The fraction of sp³-hybridized carbons (Fsp3) is 0.143. The Labute approximate surface area is 115 Å². The van der Waals surface area contributed by atoms with Crippen LogP contribution in [0.15, 0.2) is 36.5 Å². The largest absolute Gasteiger partial charge is 0.478 e. The molecule has 6 nitrogen and oxygen atoms in total. The summed E-state index contributed by atoms with van der Waals surface area (Å²) in [5, 5.41) is 8.78. The number of aromatic carboxylic acids is 1. The molecule has 1 aromatic heterocycles. The Bertz CT molecular complexity index is 644. The van der Waals surface area contributed by atoms with Crippen LogP contribution in [0.4, 0.5) is 5.69 Å². The Kier molecular flexibility index (Phi) is 3.74. The van der Waals surface area contributed by atoms with Gasteiger partial charge in [0.1, 0.15) is 12.3 Å². The third-order valence-corrected chi connectivity index (χ3v) is 2.81. The molecule has 2 aromatic rings. The number of rotatable bonds is 4. The molecular formula is C14H14N2O4. The normalized spacial score (nSPS) is 10.2. The molecule has 0 amide bonds. The lowest BCUT2D eigenvalue weighted by atomic mass is 10.1. The average Bonchev–Trinajstić information content (AvgIpc) is 2.75. The SMILES string of the molecule is Cn1cc(N)cc1C(=O)OCc1ccc(C(=O)O)cc1. The molecule has 2 rings (SSSR count). The number of anilines is 1. The number of hydrogen-bond donors (Lipinski definition) is 2. The second-order valence-electron chi connectivity index (χ2n) is 4.35. The predicted octanol–water partition coefficient (Wildman–Crippen LogP) is 1.66. The number of aromatic nitrogens is 1. The lowest BCUT2D eigenvalue weighted by Crippen LogP contribution is -2.09. The van der Waals surface area contributed by atoms with Crippen molar-refractivity contribution in [3.05, 3.63) is 53.3 Å². The fourth-order valence-electron chi connectivity index (χ4n) is 1.76. The van der Waals surface area contributed by atoms with Crippen LogP contribution in [-0.2, 0) is 18.4 Å². The molecule has 0 aliphatic carbocycles. The van der Waals surface area contributed by atoms with Crippen LogP contribution in [0.2, 0.25) is 0 Å². The van der Waals surface area contributed by atoms with E-state index in [9.17, 15) is 9.59 Å². The highest BCUT2D eigenvalue weighted by molar-refractivity contribution is 5.89. The first-order chi connectivity index (χ1) is 9.47. The molecule has 0 bridgehead atoms.